The summed E-state index contributed by atoms with van der Waals surface area (Å²) < 4.78 is 10.6. The number of ether oxygens (including phenoxy) is 2. The molecule has 0 radical (unpaired) electrons. The van der Waals surface area contributed by atoms with Crippen molar-refractivity contribution in [2.45, 2.75) is 117 Å². The Balaban J connectivity index is 2.73. The lowest BCUT2D eigenvalue weighted by molar-refractivity contribution is 0.0449. The molecular weight excluding hydrogens is 488 g/mol. The molecule has 0 saturated heterocycles. The van der Waals surface area contributed by atoms with Crippen molar-refractivity contribution in [2.75, 3.05) is 13.2 Å². The molecule has 38 heavy (non-hydrogen) atoms. The van der Waals surface area contributed by atoms with Crippen LogP contribution in [0.4, 0.5) is 0 Å². The topological polar surface area (TPSA) is 127 Å². The second-order valence-electron chi connectivity index (χ2n) is 9.78. The van der Waals surface area contributed by atoms with Crippen LogP contribution in [0.3, 0.4) is 0 Å². The lowest BCUT2D eigenvalue weighted by Crippen LogP contribution is -2.19. The van der Waals surface area contributed by atoms with Crippen LogP contribution < -0.4 is 0 Å². The number of esters is 2. The summed E-state index contributed by atoms with van der Waals surface area (Å²) in [6.07, 6.45) is 17.1. The SMILES string of the molecule is CCCCCCCCCCOC(=O)c1cc(C(=O)O)c(C(=O)O)cc1C(=O)OCCCCCCCCCC. The third-order valence-electron chi connectivity index (χ3n) is 6.52. The highest BCUT2D eigenvalue weighted by Gasteiger charge is 2.27. The highest BCUT2D eigenvalue weighted by Crippen LogP contribution is 2.21. The van der Waals surface area contributed by atoms with Crippen molar-refractivity contribution in [3.05, 3.63) is 34.4 Å². The number of carbonyl (C=O) groups is 4. The van der Waals surface area contributed by atoms with Gasteiger partial charge in [0.25, 0.3) is 0 Å². The van der Waals surface area contributed by atoms with Crippen molar-refractivity contribution in [2.24, 2.45) is 0 Å². The highest BCUT2D eigenvalue weighted by molar-refractivity contribution is 6.09. The van der Waals surface area contributed by atoms with E-state index in [2.05, 4.69) is 13.8 Å². The van der Waals surface area contributed by atoms with Gasteiger partial charge in [-0.05, 0) is 25.0 Å². The van der Waals surface area contributed by atoms with Gasteiger partial charge in [-0.25, -0.2) is 19.2 Å². The first-order valence-electron chi connectivity index (χ1n) is 14.3. The summed E-state index contributed by atoms with van der Waals surface area (Å²) in [7, 11) is 0. The molecule has 0 heterocycles. The first-order valence-corrected chi connectivity index (χ1v) is 14.3. The van der Waals surface area contributed by atoms with E-state index < -0.39 is 35.0 Å². The minimum absolute atomic E-state index is 0.129. The van der Waals surface area contributed by atoms with Crippen LogP contribution in [-0.4, -0.2) is 47.3 Å². The van der Waals surface area contributed by atoms with E-state index in [1.807, 2.05) is 0 Å². The molecule has 8 nitrogen and oxygen atoms in total. The molecule has 0 unspecified atom stereocenters. The zero-order valence-corrected chi connectivity index (χ0v) is 23.2. The Morgan fingerprint density at radius 1 is 0.500 bits per heavy atom. The maximum Gasteiger partial charge on any atom is 0.339 e. The Kier molecular flexibility index (Phi) is 17.5. The minimum Gasteiger partial charge on any atom is -0.478 e. The number of rotatable bonds is 22. The second-order valence-corrected chi connectivity index (χ2v) is 9.78. The Morgan fingerprint density at radius 3 is 1.08 bits per heavy atom. The maximum absolute atomic E-state index is 12.8. The van der Waals surface area contributed by atoms with Crippen LogP contribution in [0, 0.1) is 0 Å². The minimum atomic E-state index is -1.52. The standard InChI is InChI=1S/C30H46O8/c1-3-5-7-9-11-13-15-17-19-37-29(35)25-21-23(27(31)32)24(28(33)34)22-26(25)30(36)38-20-18-16-14-12-10-8-6-4-2/h21-22H,3-20H2,1-2H3,(H,31,32)(H,33,34). The molecule has 0 bridgehead atoms. The van der Waals surface area contributed by atoms with E-state index in [0.29, 0.717) is 12.8 Å². The Hall–Kier alpha value is -2.90. The van der Waals surface area contributed by atoms with Crippen molar-refractivity contribution in [1.82, 2.24) is 0 Å². The van der Waals surface area contributed by atoms with Gasteiger partial charge in [0.05, 0.1) is 35.5 Å². The van der Waals surface area contributed by atoms with Gasteiger partial charge in [0.2, 0.25) is 0 Å². The number of unbranched alkanes of at least 4 members (excludes halogenated alkanes) is 14. The van der Waals surface area contributed by atoms with E-state index in [9.17, 15) is 29.4 Å². The third-order valence-corrected chi connectivity index (χ3v) is 6.52. The molecule has 0 atom stereocenters. The lowest BCUT2D eigenvalue weighted by atomic mass is 9.98. The summed E-state index contributed by atoms with van der Waals surface area (Å²) in [6, 6.07) is 1.80. The summed E-state index contributed by atoms with van der Waals surface area (Å²) in [4.78, 5) is 48.8. The van der Waals surface area contributed by atoms with Crippen molar-refractivity contribution in [3.8, 4) is 0 Å². The number of carboxylic acid groups (broad SMARTS) is 2. The molecule has 1 aromatic rings. The van der Waals surface area contributed by atoms with Gasteiger partial charge >= 0.3 is 23.9 Å². The summed E-state index contributed by atoms with van der Waals surface area (Å²) >= 11 is 0. The van der Waals surface area contributed by atoms with Crippen LogP contribution in [0.5, 0.6) is 0 Å². The van der Waals surface area contributed by atoms with Gasteiger partial charge in [-0.1, -0.05) is 104 Å². The quantitative estimate of drug-likeness (QED) is 0.114. The Labute approximate surface area is 227 Å². The summed E-state index contributed by atoms with van der Waals surface area (Å²) in [5.41, 5.74) is -1.77. The number of carboxylic acids is 2. The molecule has 8 heteroatoms. The normalized spacial score (nSPS) is 10.8. The zero-order chi connectivity index (χ0) is 28.2. The lowest BCUT2D eigenvalue weighted by Gasteiger charge is -2.13. The van der Waals surface area contributed by atoms with Gasteiger partial charge in [0.15, 0.2) is 0 Å². The molecule has 0 amide bonds. The van der Waals surface area contributed by atoms with E-state index in [0.717, 1.165) is 50.7 Å². The van der Waals surface area contributed by atoms with E-state index >= 15 is 0 Å². The molecule has 0 aromatic heterocycles. The van der Waals surface area contributed by atoms with Gasteiger partial charge in [0, 0.05) is 0 Å². The van der Waals surface area contributed by atoms with Crippen LogP contribution >= 0.6 is 0 Å². The molecule has 0 aliphatic heterocycles. The van der Waals surface area contributed by atoms with Crippen LogP contribution in [-0.2, 0) is 9.47 Å². The first-order chi connectivity index (χ1) is 18.3. The van der Waals surface area contributed by atoms with Crippen molar-refractivity contribution in [3.63, 3.8) is 0 Å². The molecule has 0 aliphatic rings. The first kappa shape index (κ1) is 33.1. The number of benzene rings is 1. The smallest absolute Gasteiger partial charge is 0.339 e. The molecule has 0 fully saturated rings. The summed E-state index contributed by atoms with van der Waals surface area (Å²) in [5.74, 6) is -4.77. The zero-order valence-electron chi connectivity index (χ0n) is 23.2. The monoisotopic (exact) mass is 534 g/mol. The number of hydrogen-bond donors (Lipinski definition) is 2. The fourth-order valence-corrected chi connectivity index (χ4v) is 4.25. The van der Waals surface area contributed by atoms with Crippen molar-refractivity contribution in [1.29, 1.82) is 0 Å². The predicted octanol–water partition coefficient (Wildman–Crippen LogP) is 7.68. The molecule has 0 aliphatic carbocycles. The molecule has 2 N–H and O–H groups in total. The fraction of sp³-hybridized carbons (Fsp3) is 0.667. The van der Waals surface area contributed by atoms with Gasteiger partial charge in [-0.3, -0.25) is 0 Å². The predicted molar refractivity (Wildman–Crippen MR) is 146 cm³/mol. The van der Waals surface area contributed by atoms with Gasteiger partial charge in [-0.2, -0.15) is 0 Å². The molecule has 214 valence electrons. The molecule has 0 spiro atoms. The van der Waals surface area contributed by atoms with Gasteiger partial charge < -0.3 is 19.7 Å². The highest BCUT2D eigenvalue weighted by atomic mass is 16.5. The molecule has 1 rings (SSSR count). The average molecular weight is 535 g/mol. The van der Waals surface area contributed by atoms with Gasteiger partial charge in [-0.15, -0.1) is 0 Å². The number of hydrogen-bond acceptors (Lipinski definition) is 6. The third kappa shape index (κ3) is 13.1. The van der Waals surface area contributed by atoms with Crippen LogP contribution in [0.1, 0.15) is 158 Å². The van der Waals surface area contributed by atoms with E-state index in [1.54, 1.807) is 0 Å². The number of carbonyl (C=O) groups excluding carboxylic acids is 2. The molecule has 0 saturated carbocycles. The number of aromatic carboxylic acids is 2. The summed E-state index contributed by atoms with van der Waals surface area (Å²) in [6.45, 7) is 4.60. The fourth-order valence-electron chi connectivity index (χ4n) is 4.25. The Morgan fingerprint density at radius 2 is 0.789 bits per heavy atom. The van der Waals surface area contributed by atoms with Crippen molar-refractivity contribution < 1.29 is 38.9 Å². The van der Waals surface area contributed by atoms with E-state index in [1.165, 1.54) is 51.4 Å². The molecule has 1 aromatic carbocycles. The van der Waals surface area contributed by atoms with E-state index in [4.69, 9.17) is 9.47 Å². The van der Waals surface area contributed by atoms with Crippen LogP contribution in [0.25, 0.3) is 0 Å². The molecular formula is C30H46O8. The van der Waals surface area contributed by atoms with Crippen LogP contribution in [0.2, 0.25) is 0 Å². The maximum atomic E-state index is 12.8. The largest absolute Gasteiger partial charge is 0.478 e. The average Bonchev–Trinajstić information content (AvgIpc) is 2.90. The summed E-state index contributed by atoms with van der Waals surface area (Å²) in [5, 5.41) is 18.9. The van der Waals surface area contributed by atoms with E-state index in [-0.39, 0.29) is 24.3 Å². The Bertz CT molecular complexity index is 806. The van der Waals surface area contributed by atoms with Crippen molar-refractivity contribution >= 4 is 23.9 Å². The second kappa shape index (κ2) is 20.1. The van der Waals surface area contributed by atoms with Gasteiger partial charge in [0.1, 0.15) is 0 Å². The van der Waals surface area contributed by atoms with Crippen LogP contribution in [0.15, 0.2) is 12.1 Å².